The quantitative estimate of drug-likeness (QED) is 0.733. The lowest BCUT2D eigenvalue weighted by Gasteiger charge is -2.41. The first kappa shape index (κ1) is 19.4. The molecule has 1 aliphatic carbocycles. The van der Waals surface area contributed by atoms with E-state index in [1.165, 1.54) is 11.1 Å². The lowest BCUT2D eigenvalue weighted by atomic mass is 9.85. The average Bonchev–Trinajstić information content (AvgIpc) is 2.60. The fourth-order valence-corrected chi connectivity index (χ4v) is 4.65. The zero-order valence-corrected chi connectivity index (χ0v) is 17.3. The molecule has 0 saturated heterocycles. The standard InChI is InChI=1S/C21H34O2Si/c1-15-18(17-11-9-8-10-12-17)13-14-19(16(2)20(15)22)23-24(6,7)21(3,4)5/h8-13,15-16,19-20,22H,14H2,1-7H3/t15-,16+,19-,20-/m1/s1. The van der Waals surface area contributed by atoms with Crippen LogP contribution in [0.15, 0.2) is 36.4 Å². The van der Waals surface area contributed by atoms with Crippen molar-refractivity contribution in [2.75, 3.05) is 0 Å². The minimum Gasteiger partial charge on any atom is -0.413 e. The highest BCUT2D eigenvalue weighted by Crippen LogP contribution is 2.41. The highest BCUT2D eigenvalue weighted by molar-refractivity contribution is 6.74. The Kier molecular flexibility index (Phi) is 5.78. The number of aliphatic hydroxyl groups excluding tert-OH is 1. The number of hydrogen-bond donors (Lipinski definition) is 1. The van der Waals surface area contributed by atoms with Gasteiger partial charge in [0, 0.05) is 11.8 Å². The van der Waals surface area contributed by atoms with Gasteiger partial charge < -0.3 is 9.53 Å². The van der Waals surface area contributed by atoms with E-state index < -0.39 is 8.32 Å². The minimum atomic E-state index is -1.85. The van der Waals surface area contributed by atoms with Crippen LogP contribution in [0.3, 0.4) is 0 Å². The van der Waals surface area contributed by atoms with Crippen LogP contribution < -0.4 is 0 Å². The molecular weight excluding hydrogens is 312 g/mol. The van der Waals surface area contributed by atoms with E-state index in [1.807, 2.05) is 6.07 Å². The molecule has 0 fully saturated rings. The Labute approximate surface area is 149 Å². The Morgan fingerprint density at radius 2 is 1.67 bits per heavy atom. The van der Waals surface area contributed by atoms with Gasteiger partial charge in [-0.2, -0.15) is 0 Å². The van der Waals surface area contributed by atoms with Gasteiger partial charge in [-0.1, -0.05) is 71.0 Å². The predicted molar refractivity (Wildman–Crippen MR) is 105 cm³/mol. The van der Waals surface area contributed by atoms with E-state index in [1.54, 1.807) is 0 Å². The van der Waals surface area contributed by atoms with E-state index in [9.17, 15) is 5.11 Å². The third kappa shape index (κ3) is 4.01. The number of aliphatic hydroxyl groups is 1. The van der Waals surface area contributed by atoms with Crippen LogP contribution in [0.5, 0.6) is 0 Å². The first-order chi connectivity index (χ1) is 11.0. The zero-order chi connectivity index (χ0) is 18.1. The second-order valence-corrected chi connectivity index (χ2v) is 13.6. The molecule has 0 aliphatic heterocycles. The number of rotatable bonds is 3. The van der Waals surface area contributed by atoms with E-state index in [4.69, 9.17) is 4.43 Å². The Bertz CT molecular complexity index is 571. The van der Waals surface area contributed by atoms with Gasteiger partial charge in [-0.3, -0.25) is 0 Å². The molecule has 2 nitrogen and oxygen atoms in total. The summed E-state index contributed by atoms with van der Waals surface area (Å²) in [5, 5.41) is 11.1. The number of benzene rings is 1. The van der Waals surface area contributed by atoms with Crippen molar-refractivity contribution in [3.05, 3.63) is 42.0 Å². The lowest BCUT2D eigenvalue weighted by molar-refractivity contribution is 0.0171. The molecule has 24 heavy (non-hydrogen) atoms. The second kappa shape index (κ2) is 7.15. The highest BCUT2D eigenvalue weighted by Gasteiger charge is 2.42. The van der Waals surface area contributed by atoms with Crippen molar-refractivity contribution >= 4 is 13.9 Å². The third-order valence-corrected chi connectivity index (χ3v) is 10.6. The summed E-state index contributed by atoms with van der Waals surface area (Å²) in [6, 6.07) is 10.4. The monoisotopic (exact) mass is 346 g/mol. The molecule has 0 heterocycles. The molecule has 1 aromatic carbocycles. The van der Waals surface area contributed by atoms with Gasteiger partial charge in [0.05, 0.1) is 12.2 Å². The van der Waals surface area contributed by atoms with Crippen molar-refractivity contribution in [2.24, 2.45) is 11.8 Å². The maximum absolute atomic E-state index is 10.9. The van der Waals surface area contributed by atoms with E-state index >= 15 is 0 Å². The summed E-state index contributed by atoms with van der Waals surface area (Å²) in [4.78, 5) is 0. The fourth-order valence-electron chi connectivity index (χ4n) is 3.22. The van der Waals surface area contributed by atoms with Crippen molar-refractivity contribution in [3.63, 3.8) is 0 Å². The average molecular weight is 347 g/mol. The Morgan fingerprint density at radius 3 is 2.21 bits per heavy atom. The van der Waals surface area contributed by atoms with Crippen molar-refractivity contribution in [1.29, 1.82) is 0 Å². The summed E-state index contributed by atoms with van der Waals surface area (Å²) >= 11 is 0. The van der Waals surface area contributed by atoms with Gasteiger partial charge in [-0.15, -0.1) is 0 Å². The third-order valence-electron chi connectivity index (χ3n) is 6.06. The van der Waals surface area contributed by atoms with Gasteiger partial charge in [0.25, 0.3) is 0 Å². The van der Waals surface area contributed by atoms with Gasteiger partial charge in [0.2, 0.25) is 0 Å². The summed E-state index contributed by atoms with van der Waals surface area (Å²) in [6.45, 7) is 15.7. The molecule has 1 aromatic rings. The van der Waals surface area contributed by atoms with Crippen LogP contribution in [0, 0.1) is 11.8 Å². The highest BCUT2D eigenvalue weighted by atomic mass is 28.4. The fraction of sp³-hybridized carbons (Fsp3) is 0.619. The smallest absolute Gasteiger partial charge is 0.192 e. The van der Waals surface area contributed by atoms with Gasteiger partial charge >= 0.3 is 0 Å². The molecule has 0 unspecified atom stereocenters. The second-order valence-electron chi connectivity index (χ2n) is 8.82. The summed E-state index contributed by atoms with van der Waals surface area (Å²) in [5.74, 6) is 0.252. The lowest BCUT2D eigenvalue weighted by Crippen LogP contribution is -2.47. The van der Waals surface area contributed by atoms with Gasteiger partial charge in [0.1, 0.15) is 0 Å². The largest absolute Gasteiger partial charge is 0.413 e. The molecular formula is C21H34O2Si. The normalized spacial score (nSPS) is 29.1. The Hall–Kier alpha value is -0.903. The van der Waals surface area contributed by atoms with Crippen molar-refractivity contribution in [2.45, 2.75) is 71.4 Å². The molecule has 0 bridgehead atoms. The van der Waals surface area contributed by atoms with Crippen LogP contribution >= 0.6 is 0 Å². The van der Waals surface area contributed by atoms with E-state index in [0.29, 0.717) is 0 Å². The topological polar surface area (TPSA) is 29.5 Å². The molecule has 0 amide bonds. The Balaban J connectivity index is 2.29. The molecule has 1 aliphatic rings. The van der Waals surface area contributed by atoms with Crippen LogP contribution in [0.2, 0.25) is 18.1 Å². The summed E-state index contributed by atoms with van der Waals surface area (Å²) < 4.78 is 6.67. The molecule has 0 saturated carbocycles. The zero-order valence-electron chi connectivity index (χ0n) is 16.3. The minimum absolute atomic E-state index is 0.0875. The van der Waals surface area contributed by atoms with E-state index in [2.05, 4.69) is 78.1 Å². The van der Waals surface area contributed by atoms with Gasteiger partial charge in [-0.05, 0) is 35.7 Å². The molecule has 134 valence electrons. The summed E-state index contributed by atoms with van der Waals surface area (Å²) in [7, 11) is -1.85. The number of hydrogen-bond acceptors (Lipinski definition) is 2. The molecule has 0 radical (unpaired) electrons. The van der Waals surface area contributed by atoms with Crippen LogP contribution in [-0.2, 0) is 4.43 Å². The first-order valence-electron chi connectivity index (χ1n) is 9.16. The van der Waals surface area contributed by atoms with Crippen LogP contribution in [0.1, 0.15) is 46.6 Å². The maximum atomic E-state index is 10.9. The van der Waals surface area contributed by atoms with Gasteiger partial charge in [0.15, 0.2) is 8.32 Å². The predicted octanol–water partition coefficient (Wildman–Crippen LogP) is 5.50. The summed E-state index contributed by atoms with van der Waals surface area (Å²) in [6.07, 6.45) is 2.88. The molecule has 0 aromatic heterocycles. The molecule has 3 heteroatoms. The van der Waals surface area contributed by atoms with Crippen molar-refractivity contribution in [3.8, 4) is 0 Å². The molecule has 2 rings (SSSR count). The van der Waals surface area contributed by atoms with Crippen LogP contribution in [-0.4, -0.2) is 25.6 Å². The van der Waals surface area contributed by atoms with Gasteiger partial charge in [-0.25, -0.2) is 0 Å². The van der Waals surface area contributed by atoms with E-state index in [0.717, 1.165) is 6.42 Å². The van der Waals surface area contributed by atoms with Crippen molar-refractivity contribution in [1.82, 2.24) is 0 Å². The molecule has 0 spiro atoms. The maximum Gasteiger partial charge on any atom is 0.192 e. The van der Waals surface area contributed by atoms with Crippen LogP contribution in [0.4, 0.5) is 0 Å². The Morgan fingerprint density at radius 1 is 1.08 bits per heavy atom. The first-order valence-corrected chi connectivity index (χ1v) is 12.1. The van der Waals surface area contributed by atoms with Crippen molar-refractivity contribution < 1.29 is 9.53 Å². The SMILES string of the molecule is C[C@@H]1[C@H](O)[C@H](C)C(c2ccccc2)=CC[C@H]1O[Si](C)(C)C(C)(C)C. The van der Waals surface area contributed by atoms with Crippen LogP contribution in [0.25, 0.3) is 5.57 Å². The summed E-state index contributed by atoms with van der Waals surface area (Å²) in [5.41, 5.74) is 2.46. The van der Waals surface area contributed by atoms with E-state index in [-0.39, 0.29) is 29.1 Å². The molecule has 4 atom stereocenters. The molecule has 1 N–H and O–H groups in total.